The van der Waals surface area contributed by atoms with Gasteiger partial charge >= 0.3 is 0 Å². The highest BCUT2D eigenvalue weighted by Crippen LogP contribution is 2.32. The SMILES string of the molecule is Cl.O=C(C1COc2ccc(Cl)cc2C1)N1CCNCC1c1cccnc1. The Morgan fingerprint density at radius 3 is 3.04 bits per heavy atom. The fourth-order valence-corrected chi connectivity index (χ4v) is 3.79. The Kier molecular flexibility index (Phi) is 6.01. The molecule has 1 N–H and O–H groups in total. The second-order valence-electron chi connectivity index (χ2n) is 6.50. The van der Waals surface area contributed by atoms with Crippen LogP contribution in [0.1, 0.15) is 17.2 Å². The van der Waals surface area contributed by atoms with Crippen molar-refractivity contribution in [1.29, 1.82) is 0 Å². The van der Waals surface area contributed by atoms with Crippen LogP contribution in [0.3, 0.4) is 0 Å². The molecular weight excluding hydrogens is 373 g/mol. The summed E-state index contributed by atoms with van der Waals surface area (Å²) in [6.45, 7) is 2.65. The molecule has 2 aliphatic rings. The predicted octanol–water partition coefficient (Wildman–Crippen LogP) is 2.88. The summed E-state index contributed by atoms with van der Waals surface area (Å²) < 4.78 is 5.81. The summed E-state index contributed by atoms with van der Waals surface area (Å²) >= 11 is 6.09. The molecule has 0 spiro atoms. The molecule has 1 fully saturated rings. The predicted molar refractivity (Wildman–Crippen MR) is 103 cm³/mol. The first kappa shape index (κ1) is 19.0. The van der Waals surface area contributed by atoms with E-state index in [0.29, 0.717) is 24.6 Å². The number of pyridine rings is 1. The van der Waals surface area contributed by atoms with Crippen LogP contribution in [0.5, 0.6) is 5.75 Å². The number of nitrogens with zero attached hydrogens (tertiary/aromatic N) is 2. The number of nitrogens with one attached hydrogen (secondary N) is 1. The normalized spacial score (nSPS) is 22.0. The van der Waals surface area contributed by atoms with Crippen molar-refractivity contribution in [3.8, 4) is 5.75 Å². The van der Waals surface area contributed by atoms with Crippen molar-refractivity contribution in [2.24, 2.45) is 5.92 Å². The maximum Gasteiger partial charge on any atom is 0.230 e. The lowest BCUT2D eigenvalue weighted by atomic mass is 9.94. The average Bonchev–Trinajstić information content (AvgIpc) is 2.67. The lowest BCUT2D eigenvalue weighted by molar-refractivity contribution is -0.140. The third-order valence-corrected chi connectivity index (χ3v) is 5.11. The number of carbonyl (C=O) groups is 1. The molecule has 26 heavy (non-hydrogen) atoms. The van der Waals surface area contributed by atoms with Crippen LogP contribution in [0.2, 0.25) is 5.02 Å². The van der Waals surface area contributed by atoms with E-state index >= 15 is 0 Å². The number of hydrogen-bond acceptors (Lipinski definition) is 4. The molecule has 7 heteroatoms. The average molecular weight is 394 g/mol. The van der Waals surface area contributed by atoms with Gasteiger partial charge in [0.05, 0.1) is 12.0 Å². The smallest absolute Gasteiger partial charge is 0.230 e. The summed E-state index contributed by atoms with van der Waals surface area (Å²) in [6, 6.07) is 9.54. The van der Waals surface area contributed by atoms with Gasteiger partial charge in [-0.25, -0.2) is 0 Å². The Morgan fingerprint density at radius 1 is 1.35 bits per heavy atom. The maximum absolute atomic E-state index is 13.2. The van der Waals surface area contributed by atoms with Crippen molar-refractivity contribution in [2.45, 2.75) is 12.5 Å². The summed E-state index contributed by atoms with van der Waals surface area (Å²) in [5.74, 6) is 0.793. The molecule has 2 aromatic rings. The third-order valence-electron chi connectivity index (χ3n) is 4.87. The van der Waals surface area contributed by atoms with Crippen molar-refractivity contribution in [3.63, 3.8) is 0 Å². The fourth-order valence-electron chi connectivity index (χ4n) is 3.60. The highest BCUT2D eigenvalue weighted by Gasteiger charge is 2.35. The van der Waals surface area contributed by atoms with Gasteiger partial charge in [0.2, 0.25) is 5.91 Å². The largest absolute Gasteiger partial charge is 0.492 e. The second-order valence-corrected chi connectivity index (χ2v) is 6.94. The van der Waals surface area contributed by atoms with Gasteiger partial charge in [-0.1, -0.05) is 17.7 Å². The Bertz CT molecular complexity index is 773. The standard InChI is InChI=1S/C19H20ClN3O2.ClH/c20-16-3-4-18-14(9-16)8-15(12-25-18)19(24)23-7-6-22-11-17(23)13-2-1-5-21-10-13;/h1-5,9-10,15,17,22H,6-8,11-12H2;1H. The van der Waals surface area contributed by atoms with Crippen LogP contribution in [0.4, 0.5) is 0 Å². The molecular formula is C19H21Cl2N3O2. The van der Waals surface area contributed by atoms with Crippen molar-refractivity contribution < 1.29 is 9.53 Å². The van der Waals surface area contributed by atoms with E-state index in [2.05, 4.69) is 10.3 Å². The molecule has 3 heterocycles. The van der Waals surface area contributed by atoms with Gasteiger partial charge in [-0.2, -0.15) is 0 Å². The van der Waals surface area contributed by atoms with E-state index in [1.807, 2.05) is 41.4 Å². The van der Waals surface area contributed by atoms with Gasteiger partial charge in [0.15, 0.2) is 0 Å². The summed E-state index contributed by atoms with van der Waals surface area (Å²) in [5.41, 5.74) is 2.06. The number of carbonyl (C=O) groups excluding carboxylic acids is 1. The number of fused-ring (bicyclic) bond motifs is 1. The van der Waals surface area contributed by atoms with Crippen LogP contribution in [-0.4, -0.2) is 42.0 Å². The number of piperazine rings is 1. The third kappa shape index (κ3) is 3.80. The van der Waals surface area contributed by atoms with Gasteiger partial charge in [0.1, 0.15) is 12.4 Å². The van der Waals surface area contributed by atoms with Crippen LogP contribution in [0.15, 0.2) is 42.7 Å². The maximum atomic E-state index is 13.2. The molecule has 4 rings (SSSR count). The number of aromatic nitrogens is 1. The number of hydrogen-bond donors (Lipinski definition) is 1. The number of rotatable bonds is 2. The van der Waals surface area contributed by atoms with Crippen molar-refractivity contribution >= 4 is 29.9 Å². The monoisotopic (exact) mass is 393 g/mol. The molecule has 5 nitrogen and oxygen atoms in total. The number of benzene rings is 1. The van der Waals surface area contributed by atoms with Crippen molar-refractivity contribution in [2.75, 3.05) is 26.2 Å². The van der Waals surface area contributed by atoms with E-state index in [9.17, 15) is 4.79 Å². The van der Waals surface area contributed by atoms with Crippen LogP contribution in [0, 0.1) is 5.92 Å². The topological polar surface area (TPSA) is 54.5 Å². The molecule has 2 unspecified atom stereocenters. The van der Waals surface area contributed by atoms with Gasteiger partial charge in [-0.05, 0) is 41.8 Å². The Hall–Kier alpha value is -1.82. The lowest BCUT2D eigenvalue weighted by Gasteiger charge is -2.39. The van der Waals surface area contributed by atoms with Crippen LogP contribution >= 0.6 is 24.0 Å². The van der Waals surface area contributed by atoms with Crippen LogP contribution < -0.4 is 10.1 Å². The Labute approximate surface area is 164 Å². The summed E-state index contributed by atoms with van der Waals surface area (Å²) in [7, 11) is 0. The van der Waals surface area contributed by atoms with Gasteiger partial charge < -0.3 is 15.0 Å². The Balaban J connectivity index is 0.00000196. The molecule has 138 valence electrons. The summed E-state index contributed by atoms with van der Waals surface area (Å²) in [6.07, 6.45) is 4.25. The van der Waals surface area contributed by atoms with Gasteiger partial charge in [-0.3, -0.25) is 9.78 Å². The first-order chi connectivity index (χ1) is 12.2. The second kappa shape index (κ2) is 8.25. The lowest BCUT2D eigenvalue weighted by Crippen LogP contribution is -2.51. The molecule has 1 amide bonds. The highest BCUT2D eigenvalue weighted by molar-refractivity contribution is 6.30. The molecule has 1 saturated heterocycles. The van der Waals surface area contributed by atoms with Crippen molar-refractivity contribution in [1.82, 2.24) is 15.2 Å². The van der Waals surface area contributed by atoms with E-state index in [1.165, 1.54) is 0 Å². The zero-order valence-corrected chi connectivity index (χ0v) is 15.8. The summed E-state index contributed by atoms with van der Waals surface area (Å²) in [4.78, 5) is 19.4. The molecule has 1 aromatic heterocycles. The van der Waals surface area contributed by atoms with Gasteiger partial charge in [0.25, 0.3) is 0 Å². The Morgan fingerprint density at radius 2 is 2.23 bits per heavy atom. The minimum atomic E-state index is -0.178. The number of ether oxygens (including phenoxy) is 1. The number of amides is 1. The van der Waals surface area contributed by atoms with E-state index in [4.69, 9.17) is 16.3 Å². The molecule has 0 saturated carbocycles. The fraction of sp³-hybridized carbons (Fsp3) is 0.368. The van der Waals surface area contributed by atoms with E-state index < -0.39 is 0 Å². The number of halogens is 2. The molecule has 0 radical (unpaired) electrons. The quantitative estimate of drug-likeness (QED) is 0.851. The zero-order valence-electron chi connectivity index (χ0n) is 14.2. The minimum absolute atomic E-state index is 0. The van der Waals surface area contributed by atoms with E-state index in [-0.39, 0.29) is 30.3 Å². The van der Waals surface area contributed by atoms with E-state index in [0.717, 1.165) is 30.0 Å². The van der Waals surface area contributed by atoms with Crippen LogP contribution in [-0.2, 0) is 11.2 Å². The first-order valence-electron chi connectivity index (χ1n) is 8.55. The van der Waals surface area contributed by atoms with E-state index in [1.54, 1.807) is 6.20 Å². The molecule has 0 bridgehead atoms. The zero-order chi connectivity index (χ0) is 17.2. The molecule has 2 atom stereocenters. The first-order valence-corrected chi connectivity index (χ1v) is 8.92. The van der Waals surface area contributed by atoms with Crippen LogP contribution in [0.25, 0.3) is 0 Å². The molecule has 0 aliphatic carbocycles. The van der Waals surface area contributed by atoms with Gasteiger partial charge in [0, 0.05) is 37.1 Å². The van der Waals surface area contributed by atoms with Crippen molar-refractivity contribution in [3.05, 3.63) is 58.9 Å². The minimum Gasteiger partial charge on any atom is -0.492 e. The molecule has 1 aromatic carbocycles. The van der Waals surface area contributed by atoms with Gasteiger partial charge in [-0.15, -0.1) is 12.4 Å². The molecule has 2 aliphatic heterocycles. The highest BCUT2D eigenvalue weighted by atomic mass is 35.5. The summed E-state index contributed by atoms with van der Waals surface area (Å²) in [5, 5.41) is 4.05.